The number of carbonyl (C=O) groups excluding carboxylic acids is 6. The molecule has 264 valence electrons. The normalized spacial score (nSPS) is 13.8. The van der Waals surface area contributed by atoms with Gasteiger partial charge in [-0.05, 0) is 29.9 Å². The number of amides is 5. The minimum Gasteiger partial charge on any atom is -0.480 e. The highest BCUT2D eigenvalue weighted by Crippen LogP contribution is 2.18. The Bertz CT molecular complexity index is 1340. The number of rotatable bonds is 21. The Kier molecular flexibility index (Phi) is 18.0. The van der Waals surface area contributed by atoms with E-state index >= 15 is 0 Å². The van der Waals surface area contributed by atoms with Crippen molar-refractivity contribution >= 4 is 66.0 Å². The van der Waals surface area contributed by atoms with Crippen LogP contribution in [0, 0.1) is 5.92 Å². The fraction of sp³-hybridized carbons (Fsp3) is 0.467. The van der Waals surface area contributed by atoms with Crippen LogP contribution in [-0.4, -0.2) is 102 Å². The highest BCUT2D eigenvalue weighted by atomic mass is 32.1. The number of aliphatic carboxylic acids is 1. The van der Waals surface area contributed by atoms with Crippen LogP contribution in [0.4, 0.5) is 0 Å². The average molecular weight is 692 g/mol. The van der Waals surface area contributed by atoms with Gasteiger partial charge in [0.2, 0.25) is 29.5 Å². The molecule has 1 rings (SSSR count). The van der Waals surface area contributed by atoms with Crippen LogP contribution in [0.2, 0.25) is 0 Å². The van der Waals surface area contributed by atoms with Crippen molar-refractivity contribution in [2.45, 2.75) is 63.3 Å². The molecule has 17 nitrogen and oxygen atoms in total. The monoisotopic (exact) mass is 691 g/mol. The molecule has 0 heterocycles. The highest BCUT2D eigenvalue weighted by molar-refractivity contribution is 7.80. The molecule has 5 atom stereocenters. The molecule has 0 aliphatic heterocycles. The van der Waals surface area contributed by atoms with E-state index in [0.29, 0.717) is 18.3 Å². The van der Waals surface area contributed by atoms with E-state index < -0.39 is 78.1 Å². The highest BCUT2D eigenvalue weighted by Gasteiger charge is 2.34. The topological polar surface area (TPSA) is 290 Å². The number of aliphatic imine (C=N–C) groups is 1. The number of carboxylic acid groups (broad SMARTS) is 1. The smallest absolute Gasteiger partial charge is 0.327 e. The summed E-state index contributed by atoms with van der Waals surface area (Å²) >= 11 is 3.87. The molecule has 0 fully saturated rings. The Balaban J connectivity index is 3.22. The van der Waals surface area contributed by atoms with Crippen LogP contribution in [-0.2, 0) is 33.6 Å². The predicted octanol–water partition coefficient (Wildman–Crippen LogP) is -2.60. The summed E-state index contributed by atoms with van der Waals surface area (Å²) < 4.78 is 0. The van der Waals surface area contributed by atoms with Gasteiger partial charge in [0, 0.05) is 12.3 Å². The van der Waals surface area contributed by atoms with Crippen LogP contribution >= 0.6 is 12.6 Å². The molecular weight excluding hydrogens is 646 g/mol. The van der Waals surface area contributed by atoms with Gasteiger partial charge >= 0.3 is 5.97 Å². The van der Waals surface area contributed by atoms with Crippen molar-refractivity contribution in [1.29, 1.82) is 0 Å². The number of hydrogen-bond acceptors (Lipinski definition) is 10. The first kappa shape index (κ1) is 41.1. The third-order valence-electron chi connectivity index (χ3n) is 6.78. The number of guanidine groups is 1. The molecule has 0 aromatic heterocycles. The molecule has 1 aromatic rings. The minimum atomic E-state index is -1.49. The summed E-state index contributed by atoms with van der Waals surface area (Å²) in [6.07, 6.45) is 0.269. The zero-order valence-electron chi connectivity index (χ0n) is 26.8. The maximum Gasteiger partial charge on any atom is 0.327 e. The standard InChI is InChI=1S/C30H45N9O8S/c1-16(2)23(27(44)37-20(26(43)34-12-13-40)10-7-11-35-30(32)33)38-28(45)24(17(3)18-8-5-4-6-9-18)39-25(42)19(31)14-22(41)36-21(15-48)29(46)47/h4-6,8-9,13,16,19-21,23-24,48H,3,7,10-12,14-15,31H2,1-2H3,(H,34,43)(H,36,41)(H,37,44)(H,38,45)(H,39,42)(H,46,47)(H4,32,33,35)/t19-,20-,21+,23-,24+/m0/s1. The number of carbonyl (C=O) groups is 7. The summed E-state index contributed by atoms with van der Waals surface area (Å²) in [4.78, 5) is 91.2. The second-order valence-electron chi connectivity index (χ2n) is 10.9. The Morgan fingerprint density at radius 1 is 0.938 bits per heavy atom. The Hall–Kier alpha value is -4.97. The van der Waals surface area contributed by atoms with E-state index in [4.69, 9.17) is 22.3 Å². The molecule has 5 amide bonds. The molecule has 18 heteroatoms. The summed E-state index contributed by atoms with van der Waals surface area (Å²) in [7, 11) is 0. The van der Waals surface area contributed by atoms with Crippen molar-refractivity contribution in [2.75, 3.05) is 18.8 Å². The van der Waals surface area contributed by atoms with Crippen LogP contribution in [0.1, 0.15) is 38.7 Å². The quantitative estimate of drug-likeness (QED) is 0.0210. The maximum atomic E-state index is 13.7. The van der Waals surface area contributed by atoms with E-state index in [1.807, 2.05) is 0 Å². The number of thiol groups is 1. The first-order valence-corrected chi connectivity index (χ1v) is 15.6. The molecular formula is C30H45N9O8S. The van der Waals surface area contributed by atoms with Gasteiger partial charge in [0.25, 0.3) is 0 Å². The van der Waals surface area contributed by atoms with Crippen molar-refractivity contribution in [3.8, 4) is 0 Å². The number of hydrogen-bond donors (Lipinski definition) is 10. The molecule has 0 aliphatic rings. The molecule has 0 saturated carbocycles. The molecule has 0 radical (unpaired) electrons. The lowest BCUT2D eigenvalue weighted by molar-refractivity contribution is -0.141. The zero-order valence-corrected chi connectivity index (χ0v) is 27.7. The van der Waals surface area contributed by atoms with Gasteiger partial charge in [-0.25, -0.2) is 4.79 Å². The Morgan fingerprint density at radius 3 is 2.12 bits per heavy atom. The molecule has 1 aromatic carbocycles. The summed E-state index contributed by atoms with van der Waals surface area (Å²) in [5.74, 6) is -6.17. The van der Waals surface area contributed by atoms with Gasteiger partial charge in [0.15, 0.2) is 5.96 Å². The molecule has 0 unspecified atom stereocenters. The van der Waals surface area contributed by atoms with Gasteiger partial charge in [0.1, 0.15) is 30.5 Å². The summed E-state index contributed by atoms with van der Waals surface area (Å²) in [6, 6.07) is 1.78. The third kappa shape index (κ3) is 14.2. The van der Waals surface area contributed by atoms with Gasteiger partial charge in [-0.15, -0.1) is 0 Å². The fourth-order valence-corrected chi connectivity index (χ4v) is 4.43. The van der Waals surface area contributed by atoms with E-state index in [2.05, 4.69) is 50.8 Å². The fourth-order valence-electron chi connectivity index (χ4n) is 4.18. The average Bonchev–Trinajstić information content (AvgIpc) is 3.04. The van der Waals surface area contributed by atoms with E-state index in [1.54, 1.807) is 44.2 Å². The summed E-state index contributed by atoms with van der Waals surface area (Å²) in [5.41, 5.74) is 17.2. The van der Waals surface area contributed by atoms with Crippen molar-refractivity contribution in [3.05, 3.63) is 42.5 Å². The maximum absolute atomic E-state index is 13.7. The third-order valence-corrected chi connectivity index (χ3v) is 7.15. The van der Waals surface area contributed by atoms with Crippen molar-refractivity contribution < 1.29 is 38.7 Å². The summed E-state index contributed by atoms with van der Waals surface area (Å²) in [5, 5.41) is 21.4. The Morgan fingerprint density at radius 2 is 1.58 bits per heavy atom. The van der Waals surface area contributed by atoms with E-state index in [9.17, 15) is 33.6 Å². The van der Waals surface area contributed by atoms with E-state index in [1.165, 1.54) is 0 Å². The van der Waals surface area contributed by atoms with Gasteiger partial charge in [-0.3, -0.25) is 29.0 Å². The Labute approximate surface area is 283 Å². The SMILES string of the molecule is C=C(c1ccccc1)[C@@H](NC(=O)[C@@H](N)CC(=O)N[C@H](CS)C(=O)O)C(=O)N[C@H](C(=O)N[C@@H](CCCN=C(N)N)C(=O)NCC=O)C(C)C. The van der Waals surface area contributed by atoms with Gasteiger partial charge < -0.3 is 53.7 Å². The largest absolute Gasteiger partial charge is 0.480 e. The second kappa shape index (κ2) is 21.0. The number of nitrogens with one attached hydrogen (secondary N) is 5. The van der Waals surface area contributed by atoms with Crippen LogP contribution < -0.4 is 43.8 Å². The summed E-state index contributed by atoms with van der Waals surface area (Å²) in [6.45, 7) is 7.14. The van der Waals surface area contributed by atoms with Crippen LogP contribution in [0.3, 0.4) is 0 Å². The lowest BCUT2D eigenvalue weighted by Gasteiger charge is -2.28. The van der Waals surface area contributed by atoms with Crippen LogP contribution in [0.15, 0.2) is 41.9 Å². The number of aldehydes is 1. The van der Waals surface area contributed by atoms with Crippen LogP contribution in [0.25, 0.3) is 5.57 Å². The lowest BCUT2D eigenvalue weighted by Crippen LogP contribution is -2.59. The molecule has 0 bridgehead atoms. The number of benzene rings is 1. The molecule has 0 aliphatic carbocycles. The molecule has 12 N–H and O–H groups in total. The van der Waals surface area contributed by atoms with Crippen molar-refractivity contribution in [3.63, 3.8) is 0 Å². The molecule has 0 saturated heterocycles. The minimum absolute atomic E-state index is 0.0993. The first-order chi connectivity index (χ1) is 22.6. The zero-order chi connectivity index (χ0) is 36.4. The number of nitrogens with two attached hydrogens (primary N) is 3. The van der Waals surface area contributed by atoms with Gasteiger partial charge in [0.05, 0.1) is 19.0 Å². The first-order valence-electron chi connectivity index (χ1n) is 14.9. The lowest BCUT2D eigenvalue weighted by atomic mass is 9.97. The van der Waals surface area contributed by atoms with Crippen molar-refractivity contribution in [1.82, 2.24) is 26.6 Å². The number of nitrogens with zero attached hydrogens (tertiary/aromatic N) is 1. The molecule has 0 spiro atoms. The second-order valence-corrected chi connectivity index (χ2v) is 11.3. The van der Waals surface area contributed by atoms with E-state index in [-0.39, 0.29) is 36.8 Å². The van der Waals surface area contributed by atoms with E-state index in [0.717, 1.165) is 0 Å². The van der Waals surface area contributed by atoms with Crippen molar-refractivity contribution in [2.24, 2.45) is 28.1 Å². The predicted molar refractivity (Wildman–Crippen MR) is 181 cm³/mol. The van der Waals surface area contributed by atoms with Gasteiger partial charge in [-0.2, -0.15) is 12.6 Å². The number of carboxylic acids is 1. The molecule has 48 heavy (non-hydrogen) atoms. The van der Waals surface area contributed by atoms with Gasteiger partial charge in [-0.1, -0.05) is 50.8 Å². The van der Waals surface area contributed by atoms with Crippen LogP contribution in [0.5, 0.6) is 0 Å².